The fourth-order valence-electron chi connectivity index (χ4n) is 11.9. The largest absolute Gasteiger partial charge is 0.496 e. The number of anilines is 4. The number of nitrogens with zero attached hydrogens (tertiary/aromatic N) is 2. The molecule has 0 spiro atoms. The van der Waals surface area contributed by atoms with Crippen molar-refractivity contribution in [1.82, 2.24) is 20.4 Å². The Balaban J connectivity index is 0.000000166. The van der Waals surface area contributed by atoms with E-state index in [1.165, 1.54) is 29.3 Å². The highest BCUT2D eigenvalue weighted by Gasteiger charge is 2.44. The third-order valence-electron chi connectivity index (χ3n) is 17.3. The van der Waals surface area contributed by atoms with Crippen molar-refractivity contribution in [3.63, 3.8) is 0 Å². The van der Waals surface area contributed by atoms with Crippen LogP contribution in [0.2, 0.25) is 20.1 Å². The van der Waals surface area contributed by atoms with Crippen LogP contribution in [0.1, 0.15) is 111 Å². The van der Waals surface area contributed by atoms with Crippen LogP contribution >= 0.6 is 78.3 Å². The molecule has 0 atom stereocenters. The summed E-state index contributed by atoms with van der Waals surface area (Å²) in [4.78, 5) is 64.4. The number of rotatable bonds is 14. The van der Waals surface area contributed by atoms with E-state index < -0.39 is 59.7 Å². The number of benzene rings is 8. The van der Waals surface area contributed by atoms with Gasteiger partial charge in [0, 0.05) is 61.5 Å². The maximum atomic E-state index is 13.2. The smallest absolute Gasteiger partial charge is 0.471 e. The summed E-state index contributed by atoms with van der Waals surface area (Å²) < 4.78 is 139. The first-order chi connectivity index (χ1) is 50.7. The summed E-state index contributed by atoms with van der Waals surface area (Å²) in [7, 11) is 4.28. The number of methoxy groups -OCH3 is 2. The summed E-state index contributed by atoms with van der Waals surface area (Å²) in [5.74, 6) is -3.38. The molecule has 12 rings (SSSR count). The van der Waals surface area contributed by atoms with Crippen LogP contribution in [-0.2, 0) is 69.0 Å². The quantitative estimate of drug-likeness (QED) is 0.0564. The van der Waals surface area contributed by atoms with Crippen molar-refractivity contribution in [3.05, 3.63) is 228 Å². The zero-order chi connectivity index (χ0) is 77.8. The molecule has 0 aliphatic carbocycles. The molecule has 0 radical (unpaired) electrons. The average molecular weight is 1700 g/mol. The molecule has 0 bridgehead atoms. The summed E-state index contributed by atoms with van der Waals surface area (Å²) in [6, 6.07) is 30.7. The van der Waals surface area contributed by atoms with Gasteiger partial charge in [-0.05, 0) is 233 Å². The molecule has 0 saturated heterocycles. The van der Waals surface area contributed by atoms with Crippen molar-refractivity contribution >= 4 is 131 Å². The van der Waals surface area contributed by atoms with E-state index in [2.05, 4.69) is 86.5 Å². The van der Waals surface area contributed by atoms with Gasteiger partial charge < -0.3 is 60.6 Å². The Morgan fingerprint density at radius 2 is 0.776 bits per heavy atom. The molecule has 4 heterocycles. The van der Waals surface area contributed by atoms with Gasteiger partial charge in [0.15, 0.2) is 0 Å². The normalized spacial score (nSPS) is 13.9. The van der Waals surface area contributed by atoms with Crippen LogP contribution in [0.4, 0.5) is 62.3 Å². The van der Waals surface area contributed by atoms with Crippen LogP contribution in [0.5, 0.6) is 23.0 Å². The molecule has 0 fully saturated rings. The molecule has 4 aliphatic heterocycles. The molecule has 5 amide bonds. The van der Waals surface area contributed by atoms with Gasteiger partial charge in [-0.3, -0.25) is 24.0 Å². The Hall–Kier alpha value is -8.32. The second-order valence-electron chi connectivity index (χ2n) is 24.4. The Bertz CT molecular complexity index is 4670. The number of ether oxygens (including phenoxy) is 4. The van der Waals surface area contributed by atoms with Gasteiger partial charge >= 0.3 is 24.4 Å². The van der Waals surface area contributed by atoms with E-state index >= 15 is 0 Å². The first kappa shape index (κ1) is 82.7. The van der Waals surface area contributed by atoms with E-state index in [0.717, 1.165) is 122 Å². The van der Waals surface area contributed by atoms with Gasteiger partial charge in [0.2, 0.25) is 0 Å². The van der Waals surface area contributed by atoms with Crippen LogP contribution in [0.15, 0.2) is 130 Å². The van der Waals surface area contributed by atoms with Crippen LogP contribution in [0.25, 0.3) is 0 Å². The Morgan fingerprint density at radius 1 is 0.449 bits per heavy atom. The van der Waals surface area contributed by atoms with Crippen molar-refractivity contribution in [2.45, 2.75) is 84.2 Å². The second kappa shape index (κ2) is 36.3. The monoisotopic (exact) mass is 1690 g/mol. The van der Waals surface area contributed by atoms with Gasteiger partial charge in [-0.15, -0.1) is 0 Å². The molecule has 0 unspecified atom stereocenters. The number of carbonyl (C=O) groups excluding carboxylic acids is 5. The summed E-state index contributed by atoms with van der Waals surface area (Å²) in [6.07, 6.45) is -11.5. The molecule has 8 aromatic rings. The van der Waals surface area contributed by atoms with Gasteiger partial charge in [0.1, 0.15) is 23.0 Å². The fraction of sp³-hybridized carbons (Fsp3) is 0.293. The number of hydrogen-bond acceptors (Lipinski definition) is 12. The van der Waals surface area contributed by atoms with Crippen LogP contribution < -0.4 is 50.8 Å². The van der Waals surface area contributed by atoms with E-state index in [1.54, 1.807) is 42.5 Å². The number of amides is 5. The highest BCUT2D eigenvalue weighted by Crippen LogP contribution is 2.42. The first-order valence-corrected chi connectivity index (χ1v) is 36.1. The number of fused-ring (bicyclic) bond motifs is 4. The predicted molar refractivity (Wildman–Crippen MR) is 400 cm³/mol. The van der Waals surface area contributed by atoms with Gasteiger partial charge in [0.05, 0.1) is 90.3 Å². The predicted octanol–water partition coefficient (Wildman–Crippen LogP) is 18.5. The average Bonchev–Trinajstić information content (AvgIpc) is 0.795. The summed E-state index contributed by atoms with van der Waals surface area (Å²) in [6.45, 7) is 9.34. The zero-order valence-electron chi connectivity index (χ0n) is 57.7. The molecule has 107 heavy (non-hydrogen) atoms. The number of halogens is 15. The third-order valence-corrected chi connectivity index (χ3v) is 20.3. The van der Waals surface area contributed by atoms with Crippen LogP contribution in [-0.4, -0.2) is 106 Å². The highest BCUT2D eigenvalue weighted by atomic mass is 79.9. The molecule has 8 aromatic carbocycles. The lowest BCUT2D eigenvalue weighted by atomic mass is 9.98. The number of carbonyl (C=O) groups is 5. The van der Waals surface area contributed by atoms with Crippen molar-refractivity contribution in [2.24, 2.45) is 0 Å². The highest BCUT2D eigenvalue weighted by molar-refractivity contribution is 9.11. The van der Waals surface area contributed by atoms with E-state index in [9.17, 15) is 63.5 Å². The summed E-state index contributed by atoms with van der Waals surface area (Å²) >= 11 is 32.5. The summed E-state index contributed by atoms with van der Waals surface area (Å²) in [5.41, 5.74) is 7.55. The van der Waals surface area contributed by atoms with E-state index in [0.29, 0.717) is 91.0 Å². The number of hydrogen-bond donors (Lipinski definition) is 6. The maximum absolute atomic E-state index is 13.2. The molecule has 568 valence electrons. The molecule has 32 heteroatoms. The van der Waals surface area contributed by atoms with Crippen molar-refractivity contribution in [1.29, 1.82) is 0 Å². The molecule has 17 nitrogen and oxygen atoms in total. The van der Waals surface area contributed by atoms with Gasteiger partial charge in [-0.2, -0.15) is 39.5 Å². The van der Waals surface area contributed by atoms with Gasteiger partial charge in [0.25, 0.3) is 23.6 Å². The zero-order valence-corrected chi connectivity index (χ0v) is 63.9. The fourth-order valence-corrected chi connectivity index (χ4v) is 14.0. The third kappa shape index (κ3) is 20.7. The SMILES string of the molecule is CCOc1ccc(C(=O)Nc2ccc3c(c2Cl)CN(C)CC3)cc1Br.CCOc1ccc(C(=O)Nc2ccc3c(c2Cl)CNCC3)cc1Br.COc1ccc(C(=O)Nc2ccc3c(c2Cl)CN(C(=O)C(F)(F)F)CC3)cc1C(F)(F)F.COc1ccc(C(=O)Nc2ccc3c(c2Cl)CNCC3)cc1C(F)(F)F. The minimum absolute atomic E-state index is 0.0129. The topological polar surface area (TPSA) is 201 Å². The Morgan fingerprint density at radius 3 is 1.11 bits per heavy atom. The Labute approximate surface area is 646 Å². The lowest BCUT2D eigenvalue weighted by Gasteiger charge is -2.30. The van der Waals surface area contributed by atoms with Gasteiger partial charge in [-0.25, -0.2) is 0 Å². The number of alkyl halides is 9. The standard InChI is InChI=1S/C20H15ClF6N2O3.C19H20BrClN2O2.C18H18BrClN2O2.C18H16ClF3N2O2/c1-32-15-5-3-11(8-13(15)19(22,23)24)17(30)28-14-4-2-10-6-7-29(9-12(10)16(14)21)18(31)20(25,26)27;1-3-25-17-7-5-13(10-15(17)20)19(24)22-16-6-4-12-8-9-23(2)11-14(12)18(16)21;1-2-24-16-6-4-12(9-14(16)19)18(23)22-15-5-3-11-7-8-21-10-13(11)17(15)20;1-26-15-5-3-11(8-13(15)18(20,21)22)17(25)24-14-4-2-10-6-7-23-9-12(10)16(14)19/h2-5,8H,6-7,9H2,1H3,(H,28,30);4-7,10H,3,8-9,11H2,1-2H3,(H,22,24);3-6,9,21H,2,7-8,10H2,1H3,(H,22,23);2-5,8,23H,6-7,9H2,1H3,(H,24,25). The maximum Gasteiger partial charge on any atom is 0.471 e. The summed E-state index contributed by atoms with van der Waals surface area (Å²) in [5, 5.41) is 18.8. The minimum atomic E-state index is -5.04. The number of likely N-dealkylation sites (N-methyl/N-ethyl adjacent to an activating group) is 1. The number of nitrogens with one attached hydrogen (secondary N) is 6. The molecule has 0 saturated carbocycles. The van der Waals surface area contributed by atoms with Crippen LogP contribution in [0, 0.1) is 0 Å². The molecular formula is C75H69Br2Cl4F9N8O9. The second-order valence-corrected chi connectivity index (χ2v) is 27.6. The molecular weight excluding hydrogens is 1630 g/mol. The Kier molecular flexibility index (Phi) is 28.0. The van der Waals surface area contributed by atoms with Crippen molar-refractivity contribution in [3.8, 4) is 23.0 Å². The molecule has 0 aromatic heterocycles. The van der Waals surface area contributed by atoms with Crippen molar-refractivity contribution in [2.75, 3.05) is 81.9 Å². The van der Waals surface area contributed by atoms with E-state index in [4.69, 9.17) is 60.6 Å². The van der Waals surface area contributed by atoms with E-state index in [1.807, 2.05) is 38.1 Å². The molecule has 6 N–H and O–H groups in total. The van der Waals surface area contributed by atoms with E-state index in [-0.39, 0.29) is 57.9 Å². The van der Waals surface area contributed by atoms with Crippen molar-refractivity contribution < 1.29 is 82.4 Å². The lowest BCUT2D eigenvalue weighted by Crippen LogP contribution is -2.43. The minimum Gasteiger partial charge on any atom is -0.496 e. The first-order valence-electron chi connectivity index (χ1n) is 33.0. The van der Waals surface area contributed by atoms with Gasteiger partial charge in [-0.1, -0.05) is 70.7 Å². The lowest BCUT2D eigenvalue weighted by molar-refractivity contribution is -0.186. The van der Waals surface area contributed by atoms with Crippen LogP contribution in [0.3, 0.4) is 0 Å². The molecule has 4 aliphatic rings.